The Bertz CT molecular complexity index is 3110. The van der Waals surface area contributed by atoms with Crippen molar-refractivity contribution in [2.75, 3.05) is 0 Å². The van der Waals surface area contributed by atoms with Gasteiger partial charge >= 0.3 is 0 Å². The first-order valence-corrected chi connectivity index (χ1v) is 17.4. The minimum absolute atomic E-state index is 0.554. The first-order valence-electron chi connectivity index (χ1n) is 16.6. The molecule has 0 saturated heterocycles. The Hall–Kier alpha value is -6.50. The lowest BCUT2D eigenvalue weighted by molar-refractivity contribution is 0.618. The predicted octanol–water partition coefficient (Wildman–Crippen LogP) is 12.4. The van der Waals surface area contributed by atoms with Gasteiger partial charge in [0.05, 0.1) is 11.0 Å². The fraction of sp³-hybridized carbons (Fsp3) is 0. The van der Waals surface area contributed by atoms with Gasteiger partial charge in [-0.2, -0.15) is 0 Å². The van der Waals surface area contributed by atoms with Crippen LogP contribution < -0.4 is 0 Å². The largest absolute Gasteiger partial charge is 0.436 e. The molecule has 0 radical (unpaired) electrons. The lowest BCUT2D eigenvalue weighted by atomic mass is 10.0. The molecule has 0 aliphatic rings. The maximum atomic E-state index is 6.36. The molecule has 5 nitrogen and oxygen atoms in total. The van der Waals surface area contributed by atoms with Gasteiger partial charge in [-0.05, 0) is 96.1 Å². The third kappa shape index (κ3) is 4.19. The third-order valence-electron chi connectivity index (χ3n) is 9.67. The van der Waals surface area contributed by atoms with Crippen LogP contribution in [0.2, 0.25) is 0 Å². The number of hydrogen-bond acceptors (Lipinski definition) is 5. The van der Waals surface area contributed by atoms with Gasteiger partial charge in [0.25, 0.3) is 0 Å². The van der Waals surface area contributed by atoms with Crippen molar-refractivity contribution in [3.63, 3.8) is 0 Å². The number of aromatic nitrogens is 3. The zero-order valence-electron chi connectivity index (χ0n) is 26.5. The molecule has 0 aliphatic heterocycles. The third-order valence-corrected chi connectivity index (χ3v) is 10.8. The minimum atomic E-state index is 0.554. The highest BCUT2D eigenvalue weighted by Gasteiger charge is 2.17. The normalized spacial score (nSPS) is 12.0. The van der Waals surface area contributed by atoms with Crippen LogP contribution in [-0.2, 0) is 0 Å². The Morgan fingerprint density at radius 1 is 0.420 bits per heavy atom. The fourth-order valence-corrected chi connectivity index (χ4v) is 8.36. The molecule has 11 rings (SSSR count). The molecule has 11 aromatic rings. The van der Waals surface area contributed by atoms with E-state index in [2.05, 4.69) is 126 Å². The van der Waals surface area contributed by atoms with Crippen LogP contribution in [0.1, 0.15) is 0 Å². The van der Waals surface area contributed by atoms with Crippen molar-refractivity contribution in [3.8, 4) is 39.7 Å². The molecule has 0 saturated carbocycles. The molecule has 234 valence electrons. The highest BCUT2D eigenvalue weighted by atomic mass is 32.1. The minimum Gasteiger partial charge on any atom is -0.436 e. The molecule has 0 spiro atoms. The molecule has 7 aromatic carbocycles. The second kappa shape index (κ2) is 10.5. The van der Waals surface area contributed by atoms with Gasteiger partial charge in [-0.1, -0.05) is 66.7 Å². The van der Waals surface area contributed by atoms with Crippen LogP contribution in [0, 0.1) is 0 Å². The molecule has 6 heteroatoms. The summed E-state index contributed by atoms with van der Waals surface area (Å²) in [5.74, 6) is 1.13. The summed E-state index contributed by atoms with van der Waals surface area (Å²) in [7, 11) is 0. The molecule has 4 aromatic heterocycles. The van der Waals surface area contributed by atoms with Crippen molar-refractivity contribution in [2.24, 2.45) is 0 Å². The molecule has 0 amide bonds. The average Bonchev–Trinajstić information content (AvgIpc) is 3.95. The van der Waals surface area contributed by atoms with E-state index >= 15 is 0 Å². The van der Waals surface area contributed by atoms with Crippen LogP contribution in [0.25, 0.3) is 104 Å². The molecule has 4 heterocycles. The number of nitrogens with zero attached hydrogens (tertiary/aromatic N) is 3. The molecule has 0 unspecified atom stereocenters. The van der Waals surface area contributed by atoms with Gasteiger partial charge in [0, 0.05) is 47.8 Å². The van der Waals surface area contributed by atoms with Gasteiger partial charge in [-0.15, -0.1) is 11.3 Å². The summed E-state index contributed by atoms with van der Waals surface area (Å²) in [4.78, 5) is 9.77. The quantitative estimate of drug-likeness (QED) is 0.189. The summed E-state index contributed by atoms with van der Waals surface area (Å²) < 4.78 is 17.6. The van der Waals surface area contributed by atoms with Crippen molar-refractivity contribution in [2.45, 2.75) is 0 Å². The van der Waals surface area contributed by atoms with Crippen molar-refractivity contribution in [1.82, 2.24) is 14.5 Å². The number of thiophene rings is 1. The van der Waals surface area contributed by atoms with Crippen molar-refractivity contribution >= 4 is 75.5 Å². The Morgan fingerprint density at radius 2 is 1.06 bits per heavy atom. The molecule has 0 N–H and O–H groups in total. The lowest BCUT2D eigenvalue weighted by Crippen LogP contribution is -1.92. The van der Waals surface area contributed by atoms with Gasteiger partial charge < -0.3 is 13.4 Å². The number of hydrogen-bond donors (Lipinski definition) is 0. The molecule has 50 heavy (non-hydrogen) atoms. The van der Waals surface area contributed by atoms with E-state index < -0.39 is 0 Å². The number of para-hydroxylation sites is 2. The van der Waals surface area contributed by atoms with Crippen LogP contribution in [0.4, 0.5) is 0 Å². The summed E-state index contributed by atoms with van der Waals surface area (Å²) in [5, 5.41) is 4.91. The molecule has 0 aliphatic carbocycles. The Morgan fingerprint density at radius 3 is 1.98 bits per heavy atom. The van der Waals surface area contributed by atoms with Crippen LogP contribution in [0.3, 0.4) is 0 Å². The van der Waals surface area contributed by atoms with Gasteiger partial charge in [-0.3, -0.25) is 0 Å². The monoisotopic (exact) mass is 659 g/mol. The van der Waals surface area contributed by atoms with E-state index in [0.29, 0.717) is 17.4 Å². The SMILES string of the molecule is c1ccc(-n2c3ccccc3c3cc(-c4nc5cc(-c6nc7ccc(-c8ccc9sc%10ccccc%10c9c8)cc7o6)ccc5o4)ccc32)cc1. The van der Waals surface area contributed by atoms with Gasteiger partial charge in [-0.25, -0.2) is 9.97 Å². The lowest BCUT2D eigenvalue weighted by Gasteiger charge is -2.07. The smallest absolute Gasteiger partial charge is 0.227 e. The zero-order valence-corrected chi connectivity index (χ0v) is 27.3. The van der Waals surface area contributed by atoms with Crippen LogP contribution in [0.15, 0.2) is 160 Å². The molecule has 0 bridgehead atoms. The first-order chi connectivity index (χ1) is 24.7. The molecular weight excluding hydrogens is 635 g/mol. The molecule has 0 fully saturated rings. The number of benzene rings is 7. The van der Waals surface area contributed by atoms with E-state index in [4.69, 9.17) is 18.8 Å². The Kier molecular flexibility index (Phi) is 5.76. The van der Waals surface area contributed by atoms with Gasteiger partial charge in [0.1, 0.15) is 11.0 Å². The van der Waals surface area contributed by atoms with Gasteiger partial charge in [0.15, 0.2) is 11.2 Å². The Balaban J connectivity index is 0.953. The summed E-state index contributed by atoms with van der Waals surface area (Å²) in [6.07, 6.45) is 0. The maximum Gasteiger partial charge on any atom is 0.227 e. The van der Waals surface area contributed by atoms with Crippen LogP contribution in [-0.4, -0.2) is 14.5 Å². The van der Waals surface area contributed by atoms with Gasteiger partial charge in [0.2, 0.25) is 11.8 Å². The van der Waals surface area contributed by atoms with E-state index in [-0.39, 0.29) is 0 Å². The Labute approximate surface area is 289 Å². The molecule has 0 atom stereocenters. The van der Waals surface area contributed by atoms with Crippen LogP contribution in [0.5, 0.6) is 0 Å². The van der Waals surface area contributed by atoms with Crippen molar-refractivity contribution in [3.05, 3.63) is 152 Å². The van der Waals surface area contributed by atoms with Crippen LogP contribution >= 0.6 is 11.3 Å². The van der Waals surface area contributed by atoms with Crippen molar-refractivity contribution in [1.29, 1.82) is 0 Å². The fourth-order valence-electron chi connectivity index (χ4n) is 7.28. The highest BCUT2D eigenvalue weighted by Crippen LogP contribution is 2.38. The standard InChI is InChI=1S/C44H25N3O2S/c1-2-8-30(9-3-1)47-37-12-6-4-10-31(37)33-23-28(15-19-38(33)47)43-46-36-24-29(16-20-39(36)48-43)44-45-35-18-14-27(25-40(35)49-44)26-17-21-42-34(22-26)32-11-5-7-13-41(32)50-42/h1-25H. The summed E-state index contributed by atoms with van der Waals surface area (Å²) >= 11 is 1.83. The average molecular weight is 660 g/mol. The predicted molar refractivity (Wildman–Crippen MR) is 205 cm³/mol. The highest BCUT2D eigenvalue weighted by molar-refractivity contribution is 7.25. The topological polar surface area (TPSA) is 57.0 Å². The van der Waals surface area contributed by atoms with E-state index in [1.165, 1.54) is 25.6 Å². The maximum absolute atomic E-state index is 6.36. The second-order valence-electron chi connectivity index (χ2n) is 12.6. The number of oxazole rings is 2. The zero-order chi connectivity index (χ0) is 32.8. The molecular formula is C44H25N3O2S. The van der Waals surface area contributed by atoms with Crippen molar-refractivity contribution < 1.29 is 8.83 Å². The summed E-state index contributed by atoms with van der Waals surface area (Å²) in [6, 6.07) is 52.8. The number of fused-ring (bicyclic) bond motifs is 8. The second-order valence-corrected chi connectivity index (χ2v) is 13.7. The van der Waals surface area contributed by atoms with E-state index in [1.54, 1.807) is 0 Å². The first kappa shape index (κ1) is 27.5. The summed E-state index contributed by atoms with van der Waals surface area (Å²) in [6.45, 7) is 0. The van der Waals surface area contributed by atoms with E-state index in [9.17, 15) is 0 Å². The van der Waals surface area contributed by atoms with E-state index in [1.807, 2.05) is 41.7 Å². The van der Waals surface area contributed by atoms with E-state index in [0.717, 1.165) is 61.0 Å². The number of rotatable bonds is 4. The summed E-state index contributed by atoms with van der Waals surface area (Å²) in [5.41, 5.74) is 10.5.